The second kappa shape index (κ2) is 10.7. The summed E-state index contributed by atoms with van der Waals surface area (Å²) in [6, 6.07) is 12.3. The molecule has 3 N–H and O–H groups in total. The first-order chi connectivity index (χ1) is 19.0. The van der Waals surface area contributed by atoms with Gasteiger partial charge in [0.05, 0.1) is 5.39 Å². The molecule has 0 amide bonds. The second-order valence-corrected chi connectivity index (χ2v) is 9.62. The molecule has 3 aromatic heterocycles. The molecule has 0 radical (unpaired) electrons. The summed E-state index contributed by atoms with van der Waals surface area (Å²) in [4.78, 5) is 17.0. The average Bonchev–Trinajstić information content (AvgIpc) is 3.58. The zero-order chi connectivity index (χ0) is 26.8. The van der Waals surface area contributed by atoms with E-state index in [0.717, 1.165) is 47.2 Å². The molecular formula is C29H28FN7O2. The van der Waals surface area contributed by atoms with E-state index >= 15 is 0 Å². The molecule has 1 aliphatic rings. The van der Waals surface area contributed by atoms with Crippen molar-refractivity contribution in [1.29, 1.82) is 0 Å². The van der Waals surface area contributed by atoms with Crippen LogP contribution in [-0.4, -0.2) is 37.1 Å². The molecule has 2 aromatic carbocycles. The van der Waals surface area contributed by atoms with Crippen LogP contribution >= 0.6 is 0 Å². The summed E-state index contributed by atoms with van der Waals surface area (Å²) in [5, 5.41) is 4.37. The van der Waals surface area contributed by atoms with Crippen LogP contribution in [0.3, 0.4) is 0 Å². The molecule has 198 valence electrons. The van der Waals surface area contributed by atoms with E-state index in [1.54, 1.807) is 18.5 Å². The maximum Gasteiger partial charge on any atom is 0.146 e. The van der Waals surface area contributed by atoms with Crippen molar-refractivity contribution >= 4 is 16.9 Å². The first-order valence-electron chi connectivity index (χ1n) is 12.8. The molecule has 1 atom stereocenters. The van der Waals surface area contributed by atoms with Gasteiger partial charge in [0.1, 0.15) is 53.3 Å². The number of hydrogen-bond acceptors (Lipinski definition) is 8. The topological polar surface area (TPSA) is 113 Å². The summed E-state index contributed by atoms with van der Waals surface area (Å²) in [5.74, 6) is 1.90. The Morgan fingerprint density at radius 2 is 1.82 bits per heavy atom. The monoisotopic (exact) mass is 525 g/mol. The van der Waals surface area contributed by atoms with Crippen LogP contribution in [0.1, 0.15) is 24.2 Å². The summed E-state index contributed by atoms with van der Waals surface area (Å²) in [6.45, 7) is 3.88. The van der Waals surface area contributed by atoms with Crippen LogP contribution in [-0.2, 0) is 13.2 Å². The van der Waals surface area contributed by atoms with Crippen LogP contribution in [0.25, 0.3) is 22.2 Å². The number of aromatic nitrogens is 5. The maximum atomic E-state index is 14.3. The largest absolute Gasteiger partial charge is 0.489 e. The number of nitrogen functional groups attached to an aromatic ring is 1. The summed E-state index contributed by atoms with van der Waals surface area (Å²) in [6.07, 6.45) is 9.26. The minimum absolute atomic E-state index is 0.217. The fraction of sp³-hybridized carbons (Fsp3) is 0.241. The molecule has 4 heterocycles. The minimum Gasteiger partial charge on any atom is -0.489 e. The summed E-state index contributed by atoms with van der Waals surface area (Å²) in [7, 11) is 0. The molecule has 0 saturated carbocycles. The molecule has 1 aliphatic heterocycles. The third kappa shape index (κ3) is 5.51. The van der Waals surface area contributed by atoms with Gasteiger partial charge in [-0.05, 0) is 44.0 Å². The Bertz CT molecular complexity index is 1600. The second-order valence-electron chi connectivity index (χ2n) is 9.62. The zero-order valence-electron chi connectivity index (χ0n) is 21.5. The maximum absolute atomic E-state index is 14.3. The Kier molecular flexibility index (Phi) is 6.76. The molecule has 0 bridgehead atoms. The van der Waals surface area contributed by atoms with Crippen molar-refractivity contribution in [2.24, 2.45) is 0 Å². The van der Waals surface area contributed by atoms with Gasteiger partial charge in [-0.2, -0.15) is 0 Å². The van der Waals surface area contributed by atoms with Crippen LogP contribution in [0.15, 0.2) is 67.4 Å². The molecule has 10 heteroatoms. The number of anilines is 1. The lowest BCUT2D eigenvalue weighted by Crippen LogP contribution is -2.26. The number of hydrogen-bond donors (Lipinski definition) is 2. The van der Waals surface area contributed by atoms with Gasteiger partial charge in [-0.15, -0.1) is 0 Å². The number of ether oxygens (including phenoxy) is 2. The van der Waals surface area contributed by atoms with Gasteiger partial charge in [-0.25, -0.2) is 24.3 Å². The van der Waals surface area contributed by atoms with E-state index in [4.69, 9.17) is 15.2 Å². The molecule has 1 fully saturated rings. The van der Waals surface area contributed by atoms with Gasteiger partial charge in [0.15, 0.2) is 0 Å². The third-order valence-corrected chi connectivity index (χ3v) is 6.75. The predicted octanol–water partition coefficient (Wildman–Crippen LogP) is 5.04. The highest BCUT2D eigenvalue weighted by atomic mass is 19.1. The quantitative estimate of drug-likeness (QED) is 0.290. The van der Waals surface area contributed by atoms with Gasteiger partial charge in [0.25, 0.3) is 0 Å². The fourth-order valence-electron chi connectivity index (χ4n) is 4.83. The van der Waals surface area contributed by atoms with Crippen molar-refractivity contribution in [2.75, 3.05) is 12.3 Å². The van der Waals surface area contributed by atoms with Gasteiger partial charge < -0.3 is 25.1 Å². The molecular weight excluding hydrogens is 497 g/mol. The molecule has 39 heavy (non-hydrogen) atoms. The highest BCUT2D eigenvalue weighted by Gasteiger charge is 2.20. The van der Waals surface area contributed by atoms with E-state index in [1.807, 2.05) is 31.2 Å². The first kappa shape index (κ1) is 24.7. The van der Waals surface area contributed by atoms with Gasteiger partial charge in [0.2, 0.25) is 0 Å². The van der Waals surface area contributed by atoms with Crippen molar-refractivity contribution in [3.8, 4) is 28.4 Å². The van der Waals surface area contributed by atoms with Crippen molar-refractivity contribution in [3.63, 3.8) is 0 Å². The van der Waals surface area contributed by atoms with Crippen LogP contribution in [0.5, 0.6) is 17.2 Å². The molecule has 0 spiro atoms. The fourth-order valence-corrected chi connectivity index (χ4v) is 4.83. The average molecular weight is 526 g/mol. The van der Waals surface area contributed by atoms with Crippen LogP contribution in [0.4, 0.5) is 10.2 Å². The third-order valence-electron chi connectivity index (χ3n) is 6.75. The molecule has 5 aromatic rings. The van der Waals surface area contributed by atoms with Gasteiger partial charge >= 0.3 is 0 Å². The minimum atomic E-state index is -0.459. The number of halogens is 1. The smallest absolute Gasteiger partial charge is 0.146 e. The number of benzene rings is 2. The molecule has 1 unspecified atom stereocenters. The summed E-state index contributed by atoms with van der Waals surface area (Å²) in [5.41, 5.74) is 9.80. The Hall–Kier alpha value is -4.57. The Morgan fingerprint density at radius 3 is 2.59 bits per heavy atom. The number of fused-ring (bicyclic) bond motifs is 1. The first-order valence-corrected chi connectivity index (χ1v) is 12.8. The van der Waals surface area contributed by atoms with Crippen molar-refractivity contribution in [3.05, 3.63) is 84.6 Å². The molecule has 9 nitrogen and oxygen atoms in total. The SMILES string of the molecule is Cc1ncc(COc2cc(F)cc(Oc3ccc(-c4cn(CC5CCCN5)c5ncnc(N)c45)cc3)c2)cn1. The standard InChI is InChI=1S/C29H28FN7O2/c1-18-33-12-19(13-34-18)16-38-24-9-21(30)10-25(11-24)39-23-6-4-20(5-7-23)26-15-37(14-22-3-2-8-32-22)29-27(26)28(31)35-17-36-29/h4-7,9-13,15,17,22,32H,2-3,8,14,16H2,1H3,(H2,31,35,36). The van der Waals surface area contributed by atoms with E-state index in [1.165, 1.54) is 24.9 Å². The summed E-state index contributed by atoms with van der Waals surface area (Å²) >= 11 is 0. The van der Waals surface area contributed by atoms with E-state index < -0.39 is 5.82 Å². The number of nitrogens with zero attached hydrogens (tertiary/aromatic N) is 5. The van der Waals surface area contributed by atoms with Crippen molar-refractivity contribution < 1.29 is 13.9 Å². The Labute approximate surface area is 224 Å². The lowest BCUT2D eigenvalue weighted by atomic mass is 10.1. The van der Waals surface area contributed by atoms with Gasteiger partial charge in [-0.3, -0.25) is 0 Å². The number of aryl methyl sites for hydroxylation is 1. The van der Waals surface area contributed by atoms with E-state index in [9.17, 15) is 4.39 Å². The van der Waals surface area contributed by atoms with Gasteiger partial charge in [-0.1, -0.05) is 12.1 Å². The van der Waals surface area contributed by atoms with Crippen LogP contribution < -0.4 is 20.5 Å². The zero-order valence-corrected chi connectivity index (χ0v) is 21.5. The van der Waals surface area contributed by atoms with E-state index in [2.05, 4.69) is 36.0 Å². The number of nitrogens with one attached hydrogen (secondary N) is 1. The predicted molar refractivity (Wildman–Crippen MR) is 146 cm³/mol. The highest BCUT2D eigenvalue weighted by Crippen LogP contribution is 2.35. The highest BCUT2D eigenvalue weighted by molar-refractivity contribution is 6.00. The van der Waals surface area contributed by atoms with E-state index in [0.29, 0.717) is 34.9 Å². The normalized spacial score (nSPS) is 15.1. The Balaban J connectivity index is 1.21. The van der Waals surface area contributed by atoms with Crippen molar-refractivity contribution in [1.82, 2.24) is 29.8 Å². The lowest BCUT2D eigenvalue weighted by molar-refractivity contribution is 0.301. The van der Waals surface area contributed by atoms with Crippen LogP contribution in [0, 0.1) is 12.7 Å². The van der Waals surface area contributed by atoms with Gasteiger partial charge in [0, 0.05) is 60.5 Å². The molecule has 1 saturated heterocycles. The van der Waals surface area contributed by atoms with Crippen LogP contribution in [0.2, 0.25) is 0 Å². The summed E-state index contributed by atoms with van der Waals surface area (Å²) < 4.78 is 28.2. The number of rotatable bonds is 8. The van der Waals surface area contributed by atoms with Crippen molar-refractivity contribution in [2.45, 2.75) is 39.0 Å². The van der Waals surface area contributed by atoms with E-state index in [-0.39, 0.29) is 6.61 Å². The Morgan fingerprint density at radius 1 is 1.03 bits per heavy atom. The molecule has 0 aliphatic carbocycles. The molecule has 6 rings (SSSR count). The lowest BCUT2D eigenvalue weighted by Gasteiger charge is -2.11. The number of nitrogens with two attached hydrogens (primary N) is 1.